The number of urea groups is 1. The summed E-state index contributed by atoms with van der Waals surface area (Å²) >= 11 is 5.86. The molecule has 0 aliphatic carbocycles. The van der Waals surface area contributed by atoms with Crippen molar-refractivity contribution in [1.82, 2.24) is 15.3 Å². The first kappa shape index (κ1) is 18.5. The van der Waals surface area contributed by atoms with Crippen LogP contribution in [0.5, 0.6) is 0 Å². The maximum Gasteiger partial charge on any atom is 0.335 e. The van der Waals surface area contributed by atoms with Crippen LogP contribution >= 0.6 is 11.6 Å². The molecule has 1 aliphatic rings. The Labute approximate surface area is 170 Å². The molecule has 0 atom stereocenters. The van der Waals surface area contributed by atoms with Crippen molar-refractivity contribution >= 4 is 41.2 Å². The SMILES string of the molecule is O=C1NC(=O)N(c2ccc(Cl)cc2)C(=O)C1=Cc1cnc(-c2ccccc2)nc1. The Morgan fingerprint density at radius 1 is 0.897 bits per heavy atom. The van der Waals surface area contributed by atoms with Crippen molar-refractivity contribution in [1.29, 1.82) is 0 Å². The molecule has 7 nitrogen and oxygen atoms in total. The van der Waals surface area contributed by atoms with Gasteiger partial charge in [-0.3, -0.25) is 14.9 Å². The van der Waals surface area contributed by atoms with E-state index < -0.39 is 17.8 Å². The van der Waals surface area contributed by atoms with E-state index in [1.165, 1.54) is 30.6 Å². The highest BCUT2D eigenvalue weighted by Crippen LogP contribution is 2.23. The molecule has 1 fully saturated rings. The molecule has 0 saturated carbocycles. The van der Waals surface area contributed by atoms with Crippen LogP contribution in [-0.4, -0.2) is 27.8 Å². The summed E-state index contributed by atoms with van der Waals surface area (Å²) in [5.74, 6) is -1.00. The lowest BCUT2D eigenvalue weighted by Crippen LogP contribution is -2.54. The largest absolute Gasteiger partial charge is 0.335 e. The minimum absolute atomic E-state index is 0.199. The van der Waals surface area contributed by atoms with Gasteiger partial charge in [0, 0.05) is 28.5 Å². The summed E-state index contributed by atoms with van der Waals surface area (Å²) in [5, 5.41) is 2.62. The van der Waals surface area contributed by atoms with Crippen LogP contribution in [0.1, 0.15) is 5.56 Å². The molecule has 0 unspecified atom stereocenters. The molecular formula is C21H13ClN4O3. The zero-order valence-corrected chi connectivity index (χ0v) is 15.6. The first-order chi connectivity index (χ1) is 14.0. The second-order valence-corrected chi connectivity index (χ2v) is 6.58. The number of hydrogen-bond acceptors (Lipinski definition) is 5. The zero-order valence-electron chi connectivity index (χ0n) is 14.9. The van der Waals surface area contributed by atoms with Crippen molar-refractivity contribution < 1.29 is 14.4 Å². The van der Waals surface area contributed by atoms with Crippen LogP contribution in [0, 0.1) is 0 Å². The van der Waals surface area contributed by atoms with Gasteiger partial charge >= 0.3 is 6.03 Å². The number of halogens is 1. The number of imide groups is 2. The second kappa shape index (κ2) is 7.65. The van der Waals surface area contributed by atoms with E-state index in [0.29, 0.717) is 22.1 Å². The number of nitrogens with zero attached hydrogens (tertiary/aromatic N) is 3. The van der Waals surface area contributed by atoms with Crippen LogP contribution < -0.4 is 10.2 Å². The topological polar surface area (TPSA) is 92.3 Å². The fourth-order valence-corrected chi connectivity index (χ4v) is 2.92. The zero-order chi connectivity index (χ0) is 20.4. The minimum atomic E-state index is -0.824. The predicted octanol–water partition coefficient (Wildman–Crippen LogP) is 3.46. The van der Waals surface area contributed by atoms with Crippen LogP contribution in [-0.2, 0) is 9.59 Å². The summed E-state index contributed by atoms with van der Waals surface area (Å²) in [7, 11) is 0. The van der Waals surface area contributed by atoms with E-state index in [9.17, 15) is 14.4 Å². The standard InChI is InChI=1S/C21H13ClN4O3/c22-15-6-8-16(9-7-15)26-20(28)17(19(27)25-21(26)29)10-13-11-23-18(24-12-13)14-4-2-1-3-5-14/h1-12H,(H,25,27,29). The van der Waals surface area contributed by atoms with Crippen molar-refractivity contribution in [3.63, 3.8) is 0 Å². The lowest BCUT2D eigenvalue weighted by atomic mass is 10.1. The molecule has 142 valence electrons. The molecule has 3 aromatic rings. The summed E-state index contributed by atoms with van der Waals surface area (Å²) < 4.78 is 0. The van der Waals surface area contributed by atoms with Gasteiger partial charge in [-0.05, 0) is 30.3 Å². The van der Waals surface area contributed by atoms with Gasteiger partial charge in [0.15, 0.2) is 5.82 Å². The molecule has 0 spiro atoms. The van der Waals surface area contributed by atoms with Crippen molar-refractivity contribution in [2.24, 2.45) is 0 Å². The van der Waals surface area contributed by atoms with E-state index in [1.807, 2.05) is 30.3 Å². The lowest BCUT2D eigenvalue weighted by Gasteiger charge is -2.26. The maximum atomic E-state index is 12.8. The van der Waals surface area contributed by atoms with Gasteiger partial charge in [0.05, 0.1) is 5.69 Å². The number of barbiturate groups is 1. The van der Waals surface area contributed by atoms with Crippen molar-refractivity contribution in [3.8, 4) is 11.4 Å². The number of carbonyl (C=O) groups is 3. The van der Waals surface area contributed by atoms with Crippen LogP contribution in [0.25, 0.3) is 17.5 Å². The van der Waals surface area contributed by atoms with Crippen molar-refractivity contribution in [3.05, 3.63) is 83.2 Å². The van der Waals surface area contributed by atoms with Gasteiger partial charge in [-0.15, -0.1) is 0 Å². The molecule has 2 heterocycles. The molecule has 1 aromatic heterocycles. The Kier molecular flexibility index (Phi) is 4.88. The highest BCUT2D eigenvalue weighted by molar-refractivity contribution is 6.39. The van der Waals surface area contributed by atoms with Crippen LogP contribution in [0.15, 0.2) is 72.6 Å². The van der Waals surface area contributed by atoms with E-state index >= 15 is 0 Å². The van der Waals surface area contributed by atoms with Crippen LogP contribution in [0.4, 0.5) is 10.5 Å². The van der Waals surface area contributed by atoms with Gasteiger partial charge in [-0.25, -0.2) is 19.7 Å². The Hall–Kier alpha value is -3.84. The molecule has 8 heteroatoms. The maximum absolute atomic E-state index is 12.8. The minimum Gasteiger partial charge on any atom is -0.273 e. The summed E-state index contributed by atoms with van der Waals surface area (Å²) in [6, 6.07) is 14.7. The van der Waals surface area contributed by atoms with Gasteiger partial charge < -0.3 is 0 Å². The fraction of sp³-hybridized carbons (Fsp3) is 0. The molecule has 4 rings (SSSR count). The van der Waals surface area contributed by atoms with Gasteiger partial charge in [-0.2, -0.15) is 0 Å². The van der Waals surface area contributed by atoms with Crippen molar-refractivity contribution in [2.45, 2.75) is 0 Å². The average Bonchev–Trinajstić information content (AvgIpc) is 2.73. The third-order valence-electron chi connectivity index (χ3n) is 4.20. The number of nitrogens with one attached hydrogen (secondary N) is 1. The average molecular weight is 405 g/mol. The van der Waals surface area contributed by atoms with Crippen molar-refractivity contribution in [2.75, 3.05) is 4.90 Å². The van der Waals surface area contributed by atoms with Gasteiger partial charge in [-0.1, -0.05) is 41.9 Å². The number of benzene rings is 2. The monoisotopic (exact) mass is 404 g/mol. The third-order valence-corrected chi connectivity index (χ3v) is 4.45. The Bertz CT molecular complexity index is 1130. The number of anilines is 1. The number of aromatic nitrogens is 2. The number of hydrogen-bond donors (Lipinski definition) is 1. The van der Waals surface area contributed by atoms with E-state index in [1.54, 1.807) is 12.1 Å². The summed E-state index contributed by atoms with van der Waals surface area (Å²) in [4.78, 5) is 46.7. The molecule has 4 amide bonds. The first-order valence-corrected chi connectivity index (χ1v) is 8.95. The van der Waals surface area contributed by atoms with Crippen LogP contribution in [0.2, 0.25) is 5.02 Å². The Balaban J connectivity index is 1.65. The summed E-state index contributed by atoms with van der Waals surface area (Å²) in [5.41, 5.74) is 1.40. The fourth-order valence-electron chi connectivity index (χ4n) is 2.80. The van der Waals surface area contributed by atoms with E-state index in [-0.39, 0.29) is 5.57 Å². The summed E-state index contributed by atoms with van der Waals surface area (Å²) in [6.45, 7) is 0. The normalized spacial score (nSPS) is 15.6. The van der Waals surface area contributed by atoms with Gasteiger partial charge in [0.25, 0.3) is 11.8 Å². The number of rotatable bonds is 3. The number of carbonyl (C=O) groups excluding carboxylic acids is 3. The Morgan fingerprint density at radius 3 is 2.21 bits per heavy atom. The molecular weight excluding hydrogens is 392 g/mol. The molecule has 1 N–H and O–H groups in total. The van der Waals surface area contributed by atoms with Gasteiger partial charge in [0.1, 0.15) is 5.57 Å². The summed E-state index contributed by atoms with van der Waals surface area (Å²) in [6.07, 6.45) is 4.36. The first-order valence-electron chi connectivity index (χ1n) is 8.57. The van der Waals surface area contributed by atoms with E-state index in [4.69, 9.17) is 11.6 Å². The van der Waals surface area contributed by atoms with E-state index in [2.05, 4.69) is 15.3 Å². The molecule has 1 saturated heterocycles. The molecule has 0 radical (unpaired) electrons. The van der Waals surface area contributed by atoms with Gasteiger partial charge in [0.2, 0.25) is 0 Å². The lowest BCUT2D eigenvalue weighted by molar-refractivity contribution is -0.122. The number of amides is 4. The highest BCUT2D eigenvalue weighted by atomic mass is 35.5. The third kappa shape index (κ3) is 3.76. The highest BCUT2D eigenvalue weighted by Gasteiger charge is 2.36. The molecule has 0 bridgehead atoms. The Morgan fingerprint density at radius 2 is 1.55 bits per heavy atom. The molecule has 1 aliphatic heterocycles. The quantitative estimate of drug-likeness (QED) is 0.533. The smallest absolute Gasteiger partial charge is 0.273 e. The molecule has 29 heavy (non-hydrogen) atoms. The predicted molar refractivity (Wildman–Crippen MR) is 108 cm³/mol. The van der Waals surface area contributed by atoms with E-state index in [0.717, 1.165) is 10.5 Å². The van der Waals surface area contributed by atoms with Crippen LogP contribution in [0.3, 0.4) is 0 Å². The second-order valence-electron chi connectivity index (χ2n) is 6.14. The molecule has 2 aromatic carbocycles.